The maximum absolute atomic E-state index is 11.9. The molecule has 1 aromatic rings. The van der Waals surface area contributed by atoms with Crippen LogP contribution in [0.15, 0.2) is 23.2 Å². The summed E-state index contributed by atoms with van der Waals surface area (Å²) in [6.07, 6.45) is 6.19. The fraction of sp³-hybridized carbons (Fsp3) is 0.600. The van der Waals surface area contributed by atoms with Gasteiger partial charge in [-0.15, -0.1) is 0 Å². The molecule has 138 valence electrons. The first-order valence-electron chi connectivity index (χ1n) is 9.27. The van der Waals surface area contributed by atoms with Gasteiger partial charge in [-0.3, -0.25) is 4.79 Å². The van der Waals surface area contributed by atoms with Gasteiger partial charge in [0, 0.05) is 20.1 Å². The van der Waals surface area contributed by atoms with Gasteiger partial charge in [0.25, 0.3) is 0 Å². The van der Waals surface area contributed by atoms with Gasteiger partial charge in [-0.2, -0.15) is 0 Å². The number of guanidine groups is 1. The Kier molecular flexibility index (Phi) is 7.29. The van der Waals surface area contributed by atoms with Crippen molar-refractivity contribution in [3.05, 3.63) is 34.9 Å². The molecule has 0 aliphatic heterocycles. The minimum absolute atomic E-state index is 0.0460. The minimum atomic E-state index is 0.0460. The first kappa shape index (κ1) is 19.3. The van der Waals surface area contributed by atoms with Crippen LogP contribution in [0.4, 0.5) is 0 Å². The Morgan fingerprint density at radius 3 is 2.56 bits per heavy atom. The fourth-order valence-electron chi connectivity index (χ4n) is 3.10. The normalized spacial score (nSPS) is 15.8. The van der Waals surface area contributed by atoms with Gasteiger partial charge < -0.3 is 15.5 Å². The van der Waals surface area contributed by atoms with Gasteiger partial charge in [0.1, 0.15) is 0 Å². The largest absolute Gasteiger partial charge is 0.354 e. The molecule has 25 heavy (non-hydrogen) atoms. The molecule has 2 N–H and O–H groups in total. The van der Waals surface area contributed by atoms with Gasteiger partial charge in [-0.25, -0.2) is 4.99 Å². The number of hydrogen-bond acceptors (Lipinski definition) is 2. The summed E-state index contributed by atoms with van der Waals surface area (Å²) >= 11 is 0. The zero-order chi connectivity index (χ0) is 18.2. The molecule has 1 aliphatic rings. The molecule has 2 rings (SSSR count). The summed E-state index contributed by atoms with van der Waals surface area (Å²) in [5.41, 5.74) is 3.74. The maximum atomic E-state index is 11.9. The van der Waals surface area contributed by atoms with E-state index < -0.39 is 0 Å². The van der Waals surface area contributed by atoms with Crippen LogP contribution in [-0.2, 0) is 11.3 Å². The van der Waals surface area contributed by atoms with Gasteiger partial charge >= 0.3 is 0 Å². The summed E-state index contributed by atoms with van der Waals surface area (Å²) in [6, 6.07) is 6.89. The molecule has 1 fully saturated rings. The topological polar surface area (TPSA) is 56.7 Å². The predicted molar refractivity (Wildman–Crippen MR) is 104 cm³/mol. The van der Waals surface area contributed by atoms with E-state index in [0.717, 1.165) is 5.96 Å². The second-order valence-electron chi connectivity index (χ2n) is 7.22. The molecule has 5 nitrogen and oxygen atoms in total. The Hall–Kier alpha value is -2.04. The number of carbonyl (C=O) groups excluding carboxylic acids is 1. The van der Waals surface area contributed by atoms with E-state index in [1.807, 2.05) is 0 Å². The van der Waals surface area contributed by atoms with Crippen LogP contribution in [0.1, 0.15) is 48.8 Å². The molecule has 1 saturated carbocycles. The number of nitrogens with zero attached hydrogens (tertiary/aromatic N) is 2. The number of aliphatic imine (C=N–C) groups is 1. The van der Waals surface area contributed by atoms with E-state index in [2.05, 4.69) is 42.7 Å². The molecule has 0 unspecified atom stereocenters. The maximum Gasteiger partial charge on any atom is 0.241 e. The summed E-state index contributed by atoms with van der Waals surface area (Å²) in [4.78, 5) is 18.2. The summed E-state index contributed by atoms with van der Waals surface area (Å²) in [5, 5.41) is 6.72. The van der Waals surface area contributed by atoms with Crippen LogP contribution in [0.5, 0.6) is 0 Å². The van der Waals surface area contributed by atoms with E-state index >= 15 is 0 Å². The molecule has 5 heteroatoms. The van der Waals surface area contributed by atoms with Crippen molar-refractivity contribution in [2.24, 2.45) is 4.99 Å². The highest BCUT2D eigenvalue weighted by Gasteiger charge is 2.15. The average molecular weight is 345 g/mol. The van der Waals surface area contributed by atoms with E-state index in [0.29, 0.717) is 12.6 Å². The lowest BCUT2D eigenvalue weighted by Gasteiger charge is -2.25. The zero-order valence-corrected chi connectivity index (χ0v) is 16.1. The Morgan fingerprint density at radius 2 is 1.92 bits per heavy atom. The summed E-state index contributed by atoms with van der Waals surface area (Å²) in [6.45, 7) is 5.10. The Morgan fingerprint density at radius 1 is 1.20 bits per heavy atom. The number of carbonyl (C=O) groups is 1. The van der Waals surface area contributed by atoms with Crippen molar-refractivity contribution in [3.63, 3.8) is 0 Å². The number of likely N-dealkylation sites (N-methyl/N-ethyl adjacent to an activating group) is 1. The highest BCUT2D eigenvalue weighted by molar-refractivity contribution is 5.86. The smallest absolute Gasteiger partial charge is 0.241 e. The van der Waals surface area contributed by atoms with Crippen molar-refractivity contribution < 1.29 is 4.79 Å². The van der Waals surface area contributed by atoms with Gasteiger partial charge in [-0.05, 0) is 37.8 Å². The van der Waals surface area contributed by atoms with Gasteiger partial charge in [0.15, 0.2) is 5.96 Å². The highest BCUT2D eigenvalue weighted by atomic mass is 16.2. The molecule has 1 amide bonds. The van der Waals surface area contributed by atoms with Crippen LogP contribution >= 0.6 is 0 Å². The van der Waals surface area contributed by atoms with E-state index in [1.165, 1.54) is 48.8 Å². The number of nitrogens with one attached hydrogen (secondary N) is 2. The van der Waals surface area contributed by atoms with Crippen molar-refractivity contribution in [2.75, 3.05) is 20.6 Å². The lowest BCUT2D eigenvalue weighted by molar-refractivity contribution is -0.127. The summed E-state index contributed by atoms with van der Waals surface area (Å²) in [7, 11) is 3.54. The Labute approximate surface area is 151 Å². The van der Waals surface area contributed by atoms with Crippen LogP contribution in [0.3, 0.4) is 0 Å². The number of amides is 1. The van der Waals surface area contributed by atoms with Crippen LogP contribution in [0, 0.1) is 13.8 Å². The second kappa shape index (κ2) is 9.44. The Bertz CT molecular complexity index is 604. The van der Waals surface area contributed by atoms with E-state index in [1.54, 1.807) is 19.0 Å². The summed E-state index contributed by atoms with van der Waals surface area (Å²) in [5.74, 6) is 0.784. The quantitative estimate of drug-likeness (QED) is 0.638. The predicted octanol–water partition coefficient (Wildman–Crippen LogP) is 2.76. The highest BCUT2D eigenvalue weighted by Crippen LogP contribution is 2.17. The zero-order valence-electron chi connectivity index (χ0n) is 16.1. The van der Waals surface area contributed by atoms with Crippen LogP contribution in [-0.4, -0.2) is 43.4 Å². The molecular weight excluding hydrogens is 312 g/mol. The lowest BCUT2D eigenvalue weighted by atomic mass is 9.96. The van der Waals surface area contributed by atoms with Gasteiger partial charge in [-0.1, -0.05) is 43.0 Å². The number of rotatable bonds is 5. The molecule has 0 heterocycles. The monoisotopic (exact) mass is 344 g/mol. The molecule has 0 atom stereocenters. The SMILES string of the molecule is Cc1ccc(CN=C(NCC(=O)N(C)C)NC2CCCCC2)c(C)c1. The van der Waals surface area contributed by atoms with E-state index in [-0.39, 0.29) is 12.5 Å². The van der Waals surface area contributed by atoms with Crippen LogP contribution < -0.4 is 10.6 Å². The standard InChI is InChI=1S/C20H32N4O/c1-15-10-11-17(16(2)12-15)13-21-20(22-14-19(25)24(3)4)23-18-8-6-5-7-9-18/h10-12,18H,5-9,13-14H2,1-4H3,(H2,21,22,23). The molecule has 0 saturated heterocycles. The molecule has 0 aromatic heterocycles. The molecule has 0 spiro atoms. The van der Waals surface area contributed by atoms with Crippen LogP contribution in [0.25, 0.3) is 0 Å². The molecular formula is C20H32N4O. The Balaban J connectivity index is 2.04. The second-order valence-corrected chi connectivity index (χ2v) is 7.22. The van der Waals surface area contributed by atoms with Crippen molar-refractivity contribution in [1.82, 2.24) is 15.5 Å². The molecule has 0 radical (unpaired) electrons. The number of aryl methyl sites for hydroxylation is 2. The fourth-order valence-corrected chi connectivity index (χ4v) is 3.10. The molecule has 0 bridgehead atoms. The lowest BCUT2D eigenvalue weighted by Crippen LogP contribution is -2.47. The average Bonchev–Trinajstić information content (AvgIpc) is 2.59. The van der Waals surface area contributed by atoms with E-state index in [9.17, 15) is 4.79 Å². The van der Waals surface area contributed by atoms with E-state index in [4.69, 9.17) is 4.99 Å². The third kappa shape index (κ3) is 6.40. The first-order valence-corrected chi connectivity index (χ1v) is 9.27. The number of benzene rings is 1. The van der Waals surface area contributed by atoms with Gasteiger partial charge in [0.05, 0.1) is 13.1 Å². The number of hydrogen-bond donors (Lipinski definition) is 2. The van der Waals surface area contributed by atoms with Crippen molar-refractivity contribution in [2.45, 2.75) is 58.5 Å². The van der Waals surface area contributed by atoms with Crippen LogP contribution in [0.2, 0.25) is 0 Å². The third-order valence-corrected chi connectivity index (χ3v) is 4.76. The first-order chi connectivity index (χ1) is 12.0. The minimum Gasteiger partial charge on any atom is -0.354 e. The summed E-state index contributed by atoms with van der Waals surface area (Å²) < 4.78 is 0. The van der Waals surface area contributed by atoms with Crippen molar-refractivity contribution in [1.29, 1.82) is 0 Å². The van der Waals surface area contributed by atoms with Crippen molar-refractivity contribution >= 4 is 11.9 Å². The third-order valence-electron chi connectivity index (χ3n) is 4.76. The van der Waals surface area contributed by atoms with Gasteiger partial charge in [0.2, 0.25) is 5.91 Å². The molecule has 1 aliphatic carbocycles. The van der Waals surface area contributed by atoms with Crippen molar-refractivity contribution in [3.8, 4) is 0 Å². The molecule has 1 aromatic carbocycles.